The molecule has 0 saturated heterocycles. The van der Waals surface area contributed by atoms with Crippen molar-refractivity contribution in [2.24, 2.45) is 0 Å². The Balaban J connectivity index is 1.64. The molecular weight excluding hydrogens is 358 g/mol. The Hall–Kier alpha value is -3.20. The van der Waals surface area contributed by atoms with Gasteiger partial charge in [-0.15, -0.1) is 0 Å². The second-order valence-electron chi connectivity index (χ2n) is 5.41. The molecule has 0 bridgehead atoms. The second kappa shape index (κ2) is 7.79. The third kappa shape index (κ3) is 4.06. The molecule has 0 aliphatic heterocycles. The molecule has 0 saturated carbocycles. The fraction of sp³-hybridized carbons (Fsp3) is 0.176. The fourth-order valence-electron chi connectivity index (χ4n) is 2.35. The molecule has 134 valence electrons. The van der Waals surface area contributed by atoms with E-state index >= 15 is 0 Å². The van der Waals surface area contributed by atoms with E-state index in [4.69, 9.17) is 4.74 Å². The largest absolute Gasteiger partial charge is 0.492 e. The zero-order valence-corrected chi connectivity index (χ0v) is 14.4. The Morgan fingerprint density at radius 3 is 2.38 bits per heavy atom. The van der Waals surface area contributed by atoms with Crippen LogP contribution in [0, 0.1) is 10.1 Å². The minimum atomic E-state index is -0.490. The third-order valence-corrected chi connectivity index (χ3v) is 4.58. The molecule has 26 heavy (non-hydrogen) atoms. The van der Waals surface area contributed by atoms with Crippen LogP contribution in [0.15, 0.2) is 64.2 Å². The lowest BCUT2D eigenvalue weighted by Gasteiger charge is -2.05. The fourth-order valence-corrected chi connectivity index (χ4v) is 3.12. The summed E-state index contributed by atoms with van der Waals surface area (Å²) in [7, 11) is 0. The summed E-state index contributed by atoms with van der Waals surface area (Å²) in [6.07, 6.45) is 0. The van der Waals surface area contributed by atoms with Crippen LogP contribution in [-0.2, 0) is 13.1 Å². The summed E-state index contributed by atoms with van der Waals surface area (Å²) in [5.41, 5.74) is 0.472. The van der Waals surface area contributed by atoms with E-state index < -0.39 is 4.92 Å². The number of ether oxygens (including phenoxy) is 1. The van der Waals surface area contributed by atoms with Gasteiger partial charge in [0, 0.05) is 23.7 Å². The lowest BCUT2D eigenvalue weighted by molar-refractivity contribution is -0.384. The Kier molecular flexibility index (Phi) is 5.28. The summed E-state index contributed by atoms with van der Waals surface area (Å²) in [6.45, 7) is 0.617. The van der Waals surface area contributed by atoms with Crippen LogP contribution in [0.25, 0.3) is 0 Å². The standard InChI is InChI=1S/C17H15N3O5S/c21-16-18(12-13-4-2-1-3-5-13)17(22)26-19(16)10-11-25-15-8-6-14(7-9-15)20(23)24/h1-9H,10-12H2. The predicted octanol–water partition coefficient (Wildman–Crippen LogP) is 2.11. The van der Waals surface area contributed by atoms with E-state index in [1.807, 2.05) is 30.3 Å². The number of nitrogens with zero attached hydrogens (tertiary/aromatic N) is 3. The molecule has 0 fully saturated rings. The van der Waals surface area contributed by atoms with Crippen molar-refractivity contribution < 1.29 is 9.66 Å². The number of benzene rings is 2. The van der Waals surface area contributed by atoms with Gasteiger partial charge in [-0.1, -0.05) is 30.3 Å². The van der Waals surface area contributed by atoms with Crippen LogP contribution in [0.2, 0.25) is 0 Å². The first-order valence-corrected chi connectivity index (χ1v) is 8.54. The zero-order chi connectivity index (χ0) is 18.5. The third-order valence-electron chi connectivity index (χ3n) is 3.65. The van der Waals surface area contributed by atoms with Crippen molar-refractivity contribution in [1.29, 1.82) is 0 Å². The van der Waals surface area contributed by atoms with E-state index in [9.17, 15) is 19.7 Å². The molecule has 9 heteroatoms. The van der Waals surface area contributed by atoms with Crippen LogP contribution < -0.4 is 15.3 Å². The van der Waals surface area contributed by atoms with Gasteiger partial charge >= 0.3 is 10.6 Å². The minimum Gasteiger partial charge on any atom is -0.492 e. The number of hydrogen-bond acceptors (Lipinski definition) is 6. The molecule has 0 aliphatic rings. The van der Waals surface area contributed by atoms with Crippen LogP contribution in [0.1, 0.15) is 5.56 Å². The monoisotopic (exact) mass is 373 g/mol. The van der Waals surface area contributed by atoms with Gasteiger partial charge in [0.2, 0.25) is 0 Å². The molecule has 2 aromatic carbocycles. The first kappa shape index (κ1) is 17.6. The van der Waals surface area contributed by atoms with Gasteiger partial charge in [0.05, 0.1) is 18.0 Å². The van der Waals surface area contributed by atoms with E-state index in [-0.39, 0.29) is 35.9 Å². The molecule has 3 aromatic rings. The van der Waals surface area contributed by atoms with E-state index in [2.05, 4.69) is 0 Å². The van der Waals surface area contributed by atoms with Crippen molar-refractivity contribution in [2.75, 3.05) is 6.61 Å². The number of rotatable bonds is 7. The molecule has 0 amide bonds. The molecule has 0 N–H and O–H groups in total. The molecule has 0 radical (unpaired) electrons. The maximum Gasteiger partial charge on any atom is 0.341 e. The maximum absolute atomic E-state index is 12.4. The van der Waals surface area contributed by atoms with Gasteiger partial charge < -0.3 is 4.74 Å². The number of nitro groups is 1. The van der Waals surface area contributed by atoms with Crippen molar-refractivity contribution in [3.8, 4) is 5.75 Å². The molecule has 0 atom stereocenters. The highest BCUT2D eigenvalue weighted by atomic mass is 32.1. The smallest absolute Gasteiger partial charge is 0.341 e. The molecule has 1 heterocycles. The lowest BCUT2D eigenvalue weighted by atomic mass is 10.2. The molecular formula is C17H15N3O5S. The summed E-state index contributed by atoms with van der Waals surface area (Å²) >= 11 is 0.844. The van der Waals surface area contributed by atoms with Crippen molar-refractivity contribution in [1.82, 2.24) is 8.52 Å². The predicted molar refractivity (Wildman–Crippen MR) is 97.0 cm³/mol. The van der Waals surface area contributed by atoms with Crippen molar-refractivity contribution in [3.05, 3.63) is 90.4 Å². The van der Waals surface area contributed by atoms with Crippen molar-refractivity contribution >= 4 is 17.2 Å². The lowest BCUT2D eigenvalue weighted by Crippen LogP contribution is -2.30. The van der Waals surface area contributed by atoms with Crippen LogP contribution >= 0.6 is 11.5 Å². The Labute approximate surface area is 151 Å². The van der Waals surface area contributed by atoms with Crippen LogP contribution in [-0.4, -0.2) is 20.1 Å². The first-order chi connectivity index (χ1) is 12.5. The van der Waals surface area contributed by atoms with Crippen molar-refractivity contribution in [3.63, 3.8) is 0 Å². The highest BCUT2D eigenvalue weighted by molar-refractivity contribution is 7.03. The van der Waals surface area contributed by atoms with E-state index in [0.717, 1.165) is 17.1 Å². The molecule has 0 aliphatic carbocycles. The molecule has 0 spiro atoms. The van der Waals surface area contributed by atoms with Gasteiger partial charge in [-0.25, -0.2) is 13.3 Å². The molecule has 1 aromatic heterocycles. The van der Waals surface area contributed by atoms with E-state index in [1.54, 1.807) is 0 Å². The summed E-state index contributed by atoms with van der Waals surface area (Å²) in [5.74, 6) is 0.458. The normalized spacial score (nSPS) is 10.6. The summed E-state index contributed by atoms with van der Waals surface area (Å²) in [4.78, 5) is 34.2. The number of nitro benzene ring substituents is 1. The number of non-ortho nitro benzene ring substituents is 1. The van der Waals surface area contributed by atoms with E-state index in [0.29, 0.717) is 5.75 Å². The average molecular weight is 373 g/mol. The zero-order valence-electron chi connectivity index (χ0n) is 13.6. The van der Waals surface area contributed by atoms with Gasteiger partial charge in [-0.2, -0.15) is 0 Å². The maximum atomic E-state index is 12.4. The number of aromatic nitrogens is 2. The van der Waals surface area contributed by atoms with E-state index in [1.165, 1.54) is 32.8 Å². The summed E-state index contributed by atoms with van der Waals surface area (Å²) in [5, 5.41) is 10.6. The van der Waals surface area contributed by atoms with Gasteiger partial charge in [0.15, 0.2) is 0 Å². The van der Waals surface area contributed by atoms with Crippen LogP contribution in [0.4, 0.5) is 5.69 Å². The molecule has 0 unspecified atom stereocenters. The number of hydrogen-bond donors (Lipinski definition) is 0. The van der Waals surface area contributed by atoms with Gasteiger partial charge in [-0.05, 0) is 17.7 Å². The quantitative estimate of drug-likeness (QED) is 0.467. The van der Waals surface area contributed by atoms with Crippen molar-refractivity contribution in [2.45, 2.75) is 13.1 Å². The highest BCUT2D eigenvalue weighted by Crippen LogP contribution is 2.17. The van der Waals surface area contributed by atoms with Gasteiger partial charge in [0.25, 0.3) is 5.69 Å². The topological polar surface area (TPSA) is 96.4 Å². The highest BCUT2D eigenvalue weighted by Gasteiger charge is 2.11. The summed E-state index contributed by atoms with van der Waals surface area (Å²) < 4.78 is 8.01. The molecule has 8 nitrogen and oxygen atoms in total. The molecule has 3 rings (SSSR count). The Morgan fingerprint density at radius 1 is 1.04 bits per heavy atom. The first-order valence-electron chi connectivity index (χ1n) is 7.77. The second-order valence-corrected chi connectivity index (χ2v) is 6.39. The SMILES string of the molecule is O=c1sn(CCOc2ccc([N+](=O)[O-])cc2)c(=O)n1Cc1ccccc1. The van der Waals surface area contributed by atoms with Gasteiger partial charge in [0.1, 0.15) is 12.4 Å². The Morgan fingerprint density at radius 2 is 1.73 bits per heavy atom. The Bertz CT molecular complexity index is 1010. The average Bonchev–Trinajstić information content (AvgIpc) is 2.91. The summed E-state index contributed by atoms with van der Waals surface area (Å²) in [6, 6.07) is 14.9. The van der Waals surface area contributed by atoms with Crippen LogP contribution in [0.3, 0.4) is 0 Å². The minimum absolute atomic E-state index is 0.0234. The van der Waals surface area contributed by atoms with Gasteiger partial charge in [-0.3, -0.25) is 14.9 Å². The van der Waals surface area contributed by atoms with Crippen LogP contribution in [0.5, 0.6) is 5.75 Å².